The standard InChI is InChI=1S/C12H15ClO2/c1-3-10(13)12(14)9-7-5-6-8-11(9)15-4-2/h5-8,10H,3-4H2,1-2H3. The summed E-state index contributed by atoms with van der Waals surface area (Å²) in [5.74, 6) is 0.548. The molecule has 0 N–H and O–H groups in total. The summed E-state index contributed by atoms with van der Waals surface area (Å²) in [5.41, 5.74) is 0.571. The number of carbonyl (C=O) groups is 1. The molecule has 0 saturated carbocycles. The first-order valence-electron chi connectivity index (χ1n) is 5.10. The second-order valence-electron chi connectivity index (χ2n) is 3.17. The summed E-state index contributed by atoms with van der Waals surface area (Å²) in [6, 6.07) is 7.19. The van der Waals surface area contributed by atoms with Crippen LogP contribution in [0, 0.1) is 0 Å². The maximum absolute atomic E-state index is 11.9. The van der Waals surface area contributed by atoms with Crippen molar-refractivity contribution in [2.24, 2.45) is 0 Å². The Kier molecular flexibility index (Phi) is 4.63. The number of alkyl halides is 1. The van der Waals surface area contributed by atoms with Crippen molar-refractivity contribution in [3.05, 3.63) is 29.8 Å². The maximum Gasteiger partial charge on any atom is 0.184 e. The molecule has 1 unspecified atom stereocenters. The maximum atomic E-state index is 11.9. The van der Waals surface area contributed by atoms with Gasteiger partial charge in [0, 0.05) is 0 Å². The van der Waals surface area contributed by atoms with Gasteiger partial charge >= 0.3 is 0 Å². The molecular weight excluding hydrogens is 212 g/mol. The normalized spacial score (nSPS) is 12.2. The largest absolute Gasteiger partial charge is 0.493 e. The third kappa shape index (κ3) is 2.96. The van der Waals surface area contributed by atoms with E-state index in [1.165, 1.54) is 0 Å². The van der Waals surface area contributed by atoms with Crippen molar-refractivity contribution in [2.75, 3.05) is 6.61 Å². The van der Waals surface area contributed by atoms with E-state index in [9.17, 15) is 4.79 Å². The number of hydrogen-bond acceptors (Lipinski definition) is 2. The van der Waals surface area contributed by atoms with Crippen LogP contribution < -0.4 is 4.74 Å². The number of Topliss-reactive ketones (excluding diaryl/α,β-unsaturated/α-hetero) is 1. The molecule has 0 aliphatic heterocycles. The van der Waals surface area contributed by atoms with Gasteiger partial charge in [0.05, 0.1) is 17.5 Å². The van der Waals surface area contributed by atoms with E-state index < -0.39 is 5.38 Å². The fraction of sp³-hybridized carbons (Fsp3) is 0.417. The second kappa shape index (κ2) is 5.76. The first-order valence-corrected chi connectivity index (χ1v) is 5.54. The van der Waals surface area contributed by atoms with Gasteiger partial charge < -0.3 is 4.74 Å². The van der Waals surface area contributed by atoms with Crippen LogP contribution in [0.1, 0.15) is 30.6 Å². The molecule has 0 amide bonds. The van der Waals surface area contributed by atoms with Crippen LogP contribution in [0.5, 0.6) is 5.75 Å². The smallest absolute Gasteiger partial charge is 0.184 e. The Morgan fingerprint density at radius 3 is 2.67 bits per heavy atom. The molecule has 0 heterocycles. The number of ketones is 1. The van der Waals surface area contributed by atoms with Crippen molar-refractivity contribution in [3.63, 3.8) is 0 Å². The fourth-order valence-electron chi connectivity index (χ4n) is 1.31. The van der Waals surface area contributed by atoms with Gasteiger partial charge in [-0.3, -0.25) is 4.79 Å². The van der Waals surface area contributed by atoms with Crippen molar-refractivity contribution < 1.29 is 9.53 Å². The van der Waals surface area contributed by atoms with Crippen molar-refractivity contribution in [2.45, 2.75) is 25.6 Å². The number of hydrogen-bond donors (Lipinski definition) is 0. The first kappa shape index (κ1) is 12.1. The molecule has 82 valence electrons. The highest BCUT2D eigenvalue weighted by atomic mass is 35.5. The van der Waals surface area contributed by atoms with Gasteiger partial charge in [-0.1, -0.05) is 19.1 Å². The van der Waals surface area contributed by atoms with E-state index >= 15 is 0 Å². The minimum absolute atomic E-state index is 0.0665. The summed E-state index contributed by atoms with van der Waals surface area (Å²) in [7, 11) is 0. The third-order valence-electron chi connectivity index (χ3n) is 2.10. The van der Waals surface area contributed by atoms with Crippen molar-refractivity contribution in [1.29, 1.82) is 0 Å². The Bertz CT molecular complexity index is 336. The van der Waals surface area contributed by atoms with Gasteiger partial charge in [-0.2, -0.15) is 0 Å². The van der Waals surface area contributed by atoms with Gasteiger partial charge in [-0.25, -0.2) is 0 Å². The van der Waals surface area contributed by atoms with Gasteiger partial charge in [0.25, 0.3) is 0 Å². The molecular formula is C12H15ClO2. The van der Waals surface area contributed by atoms with Gasteiger partial charge in [0.1, 0.15) is 5.75 Å². The zero-order chi connectivity index (χ0) is 11.3. The monoisotopic (exact) mass is 226 g/mol. The molecule has 0 aliphatic carbocycles. The predicted molar refractivity (Wildman–Crippen MR) is 61.9 cm³/mol. The lowest BCUT2D eigenvalue weighted by Gasteiger charge is -2.10. The molecule has 1 atom stereocenters. The lowest BCUT2D eigenvalue weighted by Crippen LogP contribution is -2.14. The molecule has 1 aromatic rings. The molecule has 0 saturated heterocycles. The predicted octanol–water partition coefficient (Wildman–Crippen LogP) is 3.29. The molecule has 2 nitrogen and oxygen atoms in total. The van der Waals surface area contributed by atoms with E-state index in [1.807, 2.05) is 26.0 Å². The number of ether oxygens (including phenoxy) is 1. The minimum atomic E-state index is -0.466. The lowest BCUT2D eigenvalue weighted by atomic mass is 10.1. The highest BCUT2D eigenvalue weighted by Gasteiger charge is 2.18. The molecule has 0 aliphatic rings. The molecule has 0 bridgehead atoms. The van der Waals surface area contributed by atoms with Gasteiger partial charge in [0.2, 0.25) is 0 Å². The molecule has 0 spiro atoms. The Labute approximate surface area is 95.2 Å². The van der Waals surface area contributed by atoms with Crippen molar-refractivity contribution >= 4 is 17.4 Å². The van der Waals surface area contributed by atoms with E-state index in [0.29, 0.717) is 24.3 Å². The van der Waals surface area contributed by atoms with Crippen LogP contribution in [-0.2, 0) is 0 Å². The van der Waals surface area contributed by atoms with Crippen LogP contribution in [-0.4, -0.2) is 17.8 Å². The third-order valence-corrected chi connectivity index (χ3v) is 2.60. The Morgan fingerprint density at radius 2 is 2.07 bits per heavy atom. The number of benzene rings is 1. The van der Waals surface area contributed by atoms with Crippen LogP contribution >= 0.6 is 11.6 Å². The molecule has 0 aromatic heterocycles. The SMILES string of the molecule is CCOc1ccccc1C(=O)C(Cl)CC. The number of halogens is 1. The topological polar surface area (TPSA) is 26.3 Å². The van der Waals surface area contributed by atoms with Gasteiger partial charge in [-0.15, -0.1) is 11.6 Å². The Balaban J connectivity index is 2.96. The summed E-state index contributed by atoms with van der Waals surface area (Å²) < 4.78 is 5.37. The molecule has 15 heavy (non-hydrogen) atoms. The highest BCUT2D eigenvalue weighted by Crippen LogP contribution is 2.22. The first-order chi connectivity index (χ1) is 7.20. The van der Waals surface area contributed by atoms with Crippen LogP contribution in [0.2, 0.25) is 0 Å². The van der Waals surface area contributed by atoms with E-state index in [1.54, 1.807) is 12.1 Å². The van der Waals surface area contributed by atoms with Crippen LogP contribution in [0.4, 0.5) is 0 Å². The Hall–Kier alpha value is -1.02. The van der Waals surface area contributed by atoms with Crippen LogP contribution in [0.15, 0.2) is 24.3 Å². The second-order valence-corrected chi connectivity index (χ2v) is 3.70. The number of rotatable bonds is 5. The van der Waals surface area contributed by atoms with Crippen molar-refractivity contribution in [3.8, 4) is 5.75 Å². The van der Waals surface area contributed by atoms with Gasteiger partial charge in [-0.05, 0) is 25.5 Å². The molecule has 1 rings (SSSR count). The fourth-order valence-corrected chi connectivity index (χ4v) is 1.42. The zero-order valence-corrected chi connectivity index (χ0v) is 9.75. The summed E-state index contributed by atoms with van der Waals surface area (Å²) >= 11 is 5.92. The molecule has 0 radical (unpaired) electrons. The van der Waals surface area contributed by atoms with Crippen LogP contribution in [0.3, 0.4) is 0 Å². The molecule has 0 fully saturated rings. The molecule has 3 heteroatoms. The highest BCUT2D eigenvalue weighted by molar-refractivity contribution is 6.34. The average Bonchev–Trinajstić information content (AvgIpc) is 2.28. The average molecular weight is 227 g/mol. The van der Waals surface area contributed by atoms with E-state index in [2.05, 4.69) is 0 Å². The minimum Gasteiger partial charge on any atom is -0.493 e. The summed E-state index contributed by atoms with van der Waals surface area (Å²) in [4.78, 5) is 11.9. The van der Waals surface area contributed by atoms with E-state index in [4.69, 9.17) is 16.3 Å². The summed E-state index contributed by atoms with van der Waals surface area (Å²) in [6.07, 6.45) is 0.626. The lowest BCUT2D eigenvalue weighted by molar-refractivity contribution is 0.0982. The van der Waals surface area contributed by atoms with Gasteiger partial charge in [0.15, 0.2) is 5.78 Å². The number of carbonyl (C=O) groups excluding carboxylic acids is 1. The Morgan fingerprint density at radius 1 is 1.40 bits per heavy atom. The zero-order valence-electron chi connectivity index (χ0n) is 9.00. The summed E-state index contributed by atoms with van der Waals surface area (Å²) in [5, 5.41) is -0.466. The quantitative estimate of drug-likeness (QED) is 0.569. The molecule has 1 aromatic carbocycles. The van der Waals surface area contributed by atoms with Crippen molar-refractivity contribution in [1.82, 2.24) is 0 Å². The van der Waals surface area contributed by atoms with E-state index in [0.717, 1.165) is 0 Å². The van der Waals surface area contributed by atoms with Crippen LogP contribution in [0.25, 0.3) is 0 Å². The summed E-state index contributed by atoms with van der Waals surface area (Å²) in [6.45, 7) is 4.32. The van der Waals surface area contributed by atoms with E-state index in [-0.39, 0.29) is 5.78 Å². The number of para-hydroxylation sites is 1.